The smallest absolute Gasteiger partial charge is 0.160 e. The number of halogens is 2. The van der Waals surface area contributed by atoms with Crippen molar-refractivity contribution in [2.45, 2.75) is 19.9 Å². The quantitative estimate of drug-likeness (QED) is 0.634. The van der Waals surface area contributed by atoms with E-state index in [0.29, 0.717) is 28.9 Å². The summed E-state index contributed by atoms with van der Waals surface area (Å²) in [5.41, 5.74) is 2.19. The van der Waals surface area contributed by atoms with Crippen LogP contribution in [0, 0.1) is 0 Å². The molecular formula is C19H23Cl2NO3. The Bertz CT molecular complexity index is 684. The Balaban J connectivity index is 1.89. The molecule has 136 valence electrons. The molecule has 0 atom stereocenters. The van der Waals surface area contributed by atoms with E-state index in [-0.39, 0.29) is 0 Å². The number of hydrogen-bond donors (Lipinski definition) is 1. The van der Waals surface area contributed by atoms with Crippen molar-refractivity contribution < 1.29 is 14.2 Å². The number of hydrogen-bond acceptors (Lipinski definition) is 4. The minimum absolute atomic E-state index is 0.530. The monoisotopic (exact) mass is 383 g/mol. The first-order valence-electron chi connectivity index (χ1n) is 8.11. The summed E-state index contributed by atoms with van der Waals surface area (Å²) in [4.78, 5) is 0. The summed E-state index contributed by atoms with van der Waals surface area (Å²) in [7, 11) is 3.27. The largest absolute Gasteiger partial charge is 0.493 e. The number of benzene rings is 2. The van der Waals surface area contributed by atoms with Gasteiger partial charge in [-0.25, -0.2) is 0 Å². The van der Waals surface area contributed by atoms with E-state index in [4.69, 9.17) is 37.4 Å². The van der Waals surface area contributed by atoms with Crippen LogP contribution in [0.1, 0.15) is 18.1 Å². The van der Waals surface area contributed by atoms with Gasteiger partial charge in [0.15, 0.2) is 17.2 Å². The fraction of sp³-hybridized carbons (Fsp3) is 0.368. The van der Waals surface area contributed by atoms with Gasteiger partial charge >= 0.3 is 0 Å². The molecular weight excluding hydrogens is 361 g/mol. The standard InChI is InChI=1S/C19H23Cl2NO3/c1-4-25-19-15(20)9-14(10-16(19)21)12-22-8-7-13-5-6-17(23-2)18(11-13)24-3/h5-6,9-11,22H,4,7-8,12H2,1-3H3. The lowest BCUT2D eigenvalue weighted by atomic mass is 10.1. The molecule has 0 fully saturated rings. The fourth-order valence-corrected chi connectivity index (χ4v) is 3.14. The van der Waals surface area contributed by atoms with Gasteiger partial charge in [0, 0.05) is 6.54 Å². The summed E-state index contributed by atoms with van der Waals surface area (Å²) in [5.74, 6) is 2.02. The van der Waals surface area contributed by atoms with E-state index in [2.05, 4.69) is 5.32 Å². The fourth-order valence-electron chi connectivity index (χ4n) is 2.50. The van der Waals surface area contributed by atoms with Crippen LogP contribution in [-0.2, 0) is 13.0 Å². The predicted octanol–water partition coefficient (Wildman–Crippen LogP) is 4.74. The Kier molecular flexibility index (Phi) is 7.69. The van der Waals surface area contributed by atoms with Gasteiger partial charge < -0.3 is 19.5 Å². The van der Waals surface area contributed by atoms with Gasteiger partial charge in [-0.1, -0.05) is 29.3 Å². The van der Waals surface area contributed by atoms with E-state index in [9.17, 15) is 0 Å². The van der Waals surface area contributed by atoms with Crippen molar-refractivity contribution in [3.63, 3.8) is 0 Å². The minimum Gasteiger partial charge on any atom is -0.493 e. The zero-order chi connectivity index (χ0) is 18.2. The zero-order valence-electron chi connectivity index (χ0n) is 14.7. The second-order valence-corrected chi connectivity index (χ2v) is 6.25. The first-order valence-corrected chi connectivity index (χ1v) is 8.87. The molecule has 0 spiro atoms. The van der Waals surface area contributed by atoms with Crippen LogP contribution in [0.4, 0.5) is 0 Å². The summed E-state index contributed by atoms with van der Waals surface area (Å²) in [6, 6.07) is 9.70. The summed E-state index contributed by atoms with van der Waals surface area (Å²) in [5, 5.41) is 4.46. The molecule has 0 saturated carbocycles. The summed E-state index contributed by atoms with van der Waals surface area (Å²) in [6.45, 7) is 3.93. The van der Waals surface area contributed by atoms with Crippen molar-refractivity contribution in [1.82, 2.24) is 5.32 Å². The first-order chi connectivity index (χ1) is 12.1. The van der Waals surface area contributed by atoms with Gasteiger partial charge in [0.2, 0.25) is 0 Å². The Labute approximate surface area is 159 Å². The predicted molar refractivity (Wildman–Crippen MR) is 103 cm³/mol. The second-order valence-electron chi connectivity index (χ2n) is 5.44. The van der Waals surface area contributed by atoms with Crippen LogP contribution in [0.5, 0.6) is 17.2 Å². The molecule has 2 rings (SSSR count). The Morgan fingerprint density at radius 1 is 0.920 bits per heavy atom. The van der Waals surface area contributed by atoms with Gasteiger partial charge in [-0.2, -0.15) is 0 Å². The molecule has 0 aliphatic rings. The molecule has 25 heavy (non-hydrogen) atoms. The molecule has 4 nitrogen and oxygen atoms in total. The molecule has 0 aliphatic carbocycles. The van der Waals surface area contributed by atoms with E-state index >= 15 is 0 Å². The highest BCUT2D eigenvalue weighted by molar-refractivity contribution is 6.37. The molecule has 2 aromatic carbocycles. The van der Waals surface area contributed by atoms with Crippen LogP contribution in [-0.4, -0.2) is 27.4 Å². The third-order valence-corrected chi connectivity index (χ3v) is 4.28. The third-order valence-electron chi connectivity index (χ3n) is 3.71. The summed E-state index contributed by atoms with van der Waals surface area (Å²) >= 11 is 12.4. The normalized spacial score (nSPS) is 10.6. The Hall–Kier alpha value is -1.62. The SMILES string of the molecule is CCOc1c(Cl)cc(CNCCc2ccc(OC)c(OC)c2)cc1Cl. The lowest BCUT2D eigenvalue weighted by Crippen LogP contribution is -2.16. The van der Waals surface area contributed by atoms with Crippen LogP contribution < -0.4 is 19.5 Å². The average Bonchev–Trinajstić information content (AvgIpc) is 2.61. The van der Waals surface area contributed by atoms with Crippen molar-refractivity contribution in [2.75, 3.05) is 27.4 Å². The topological polar surface area (TPSA) is 39.7 Å². The van der Waals surface area contributed by atoms with Crippen molar-refractivity contribution in [1.29, 1.82) is 0 Å². The van der Waals surface area contributed by atoms with E-state index in [1.54, 1.807) is 14.2 Å². The van der Waals surface area contributed by atoms with E-state index in [0.717, 1.165) is 30.0 Å². The van der Waals surface area contributed by atoms with Gasteiger partial charge in [-0.3, -0.25) is 0 Å². The number of rotatable bonds is 9. The molecule has 0 unspecified atom stereocenters. The number of ether oxygens (including phenoxy) is 3. The molecule has 2 aromatic rings. The Morgan fingerprint density at radius 2 is 1.60 bits per heavy atom. The summed E-state index contributed by atoms with van der Waals surface area (Å²) in [6.07, 6.45) is 0.874. The first kappa shape index (κ1) is 19.7. The van der Waals surface area contributed by atoms with Gasteiger partial charge in [0.1, 0.15) is 0 Å². The highest BCUT2D eigenvalue weighted by Crippen LogP contribution is 2.34. The highest BCUT2D eigenvalue weighted by Gasteiger charge is 2.09. The zero-order valence-corrected chi connectivity index (χ0v) is 16.2. The maximum atomic E-state index is 6.22. The molecule has 6 heteroatoms. The van der Waals surface area contributed by atoms with Crippen LogP contribution in [0.15, 0.2) is 30.3 Å². The lowest BCUT2D eigenvalue weighted by molar-refractivity contribution is 0.340. The molecule has 0 aromatic heterocycles. The molecule has 0 bridgehead atoms. The van der Waals surface area contributed by atoms with Crippen molar-refractivity contribution in [3.05, 3.63) is 51.5 Å². The molecule has 0 aliphatic heterocycles. The molecule has 0 radical (unpaired) electrons. The van der Waals surface area contributed by atoms with Gasteiger partial charge in [-0.05, 0) is 55.3 Å². The van der Waals surface area contributed by atoms with Crippen LogP contribution in [0.25, 0.3) is 0 Å². The maximum Gasteiger partial charge on any atom is 0.160 e. The van der Waals surface area contributed by atoms with Gasteiger partial charge in [-0.15, -0.1) is 0 Å². The van der Waals surface area contributed by atoms with Gasteiger partial charge in [0.25, 0.3) is 0 Å². The van der Waals surface area contributed by atoms with E-state index < -0.39 is 0 Å². The Morgan fingerprint density at radius 3 is 2.20 bits per heavy atom. The molecule has 0 amide bonds. The summed E-state index contributed by atoms with van der Waals surface area (Å²) < 4.78 is 16.0. The van der Waals surface area contributed by atoms with Crippen LogP contribution in [0.2, 0.25) is 10.0 Å². The van der Waals surface area contributed by atoms with Crippen molar-refractivity contribution in [3.8, 4) is 17.2 Å². The van der Waals surface area contributed by atoms with E-state index in [1.807, 2.05) is 37.3 Å². The average molecular weight is 384 g/mol. The van der Waals surface area contributed by atoms with E-state index in [1.165, 1.54) is 5.56 Å². The molecule has 0 heterocycles. The third kappa shape index (κ3) is 5.43. The lowest BCUT2D eigenvalue weighted by Gasteiger charge is -2.12. The highest BCUT2D eigenvalue weighted by atomic mass is 35.5. The minimum atomic E-state index is 0.530. The number of nitrogens with one attached hydrogen (secondary N) is 1. The number of methoxy groups -OCH3 is 2. The van der Waals surface area contributed by atoms with Crippen molar-refractivity contribution in [2.24, 2.45) is 0 Å². The molecule has 0 saturated heterocycles. The van der Waals surface area contributed by atoms with Gasteiger partial charge in [0.05, 0.1) is 30.9 Å². The maximum absolute atomic E-state index is 6.22. The van der Waals surface area contributed by atoms with Crippen LogP contribution >= 0.6 is 23.2 Å². The van der Waals surface area contributed by atoms with Crippen LogP contribution in [0.3, 0.4) is 0 Å². The molecule has 1 N–H and O–H groups in total. The van der Waals surface area contributed by atoms with Crippen molar-refractivity contribution >= 4 is 23.2 Å². The second kappa shape index (κ2) is 9.76.